The van der Waals surface area contributed by atoms with Crippen LogP contribution in [0.1, 0.15) is 30.1 Å². The SMILES string of the molecule is Cc1ccccc1Nc1cc(Cl)nc(C2CC2)n1. The number of aryl methyl sites for hydroxylation is 1. The molecule has 1 aliphatic carbocycles. The zero-order valence-electron chi connectivity index (χ0n) is 10.2. The van der Waals surface area contributed by atoms with Crippen molar-refractivity contribution >= 4 is 23.1 Å². The summed E-state index contributed by atoms with van der Waals surface area (Å²) in [5.41, 5.74) is 2.23. The van der Waals surface area contributed by atoms with E-state index in [-0.39, 0.29) is 0 Å². The van der Waals surface area contributed by atoms with Crippen molar-refractivity contribution in [1.82, 2.24) is 9.97 Å². The Bertz CT molecular complexity index is 579. The Hall–Kier alpha value is -1.61. The average Bonchev–Trinajstić information content (AvgIpc) is 3.15. The molecule has 1 N–H and O–H groups in total. The highest BCUT2D eigenvalue weighted by Gasteiger charge is 2.27. The molecule has 0 atom stereocenters. The summed E-state index contributed by atoms with van der Waals surface area (Å²) in [5.74, 6) is 2.13. The second-order valence-electron chi connectivity index (χ2n) is 4.65. The monoisotopic (exact) mass is 259 g/mol. The highest BCUT2D eigenvalue weighted by Crippen LogP contribution is 2.39. The normalized spacial score (nSPS) is 14.6. The molecule has 1 aromatic carbocycles. The van der Waals surface area contributed by atoms with Crippen LogP contribution in [-0.4, -0.2) is 9.97 Å². The number of halogens is 1. The second-order valence-corrected chi connectivity index (χ2v) is 5.04. The number of para-hydroxylation sites is 1. The van der Waals surface area contributed by atoms with Gasteiger partial charge in [0, 0.05) is 17.7 Å². The van der Waals surface area contributed by atoms with E-state index in [1.807, 2.05) is 18.2 Å². The minimum Gasteiger partial charge on any atom is -0.340 e. The maximum atomic E-state index is 6.04. The van der Waals surface area contributed by atoms with Crippen molar-refractivity contribution in [3.63, 3.8) is 0 Å². The maximum absolute atomic E-state index is 6.04. The molecule has 0 saturated heterocycles. The molecular weight excluding hydrogens is 246 g/mol. The largest absolute Gasteiger partial charge is 0.340 e. The molecule has 4 heteroatoms. The average molecular weight is 260 g/mol. The lowest BCUT2D eigenvalue weighted by Crippen LogP contribution is -2.00. The van der Waals surface area contributed by atoms with Crippen molar-refractivity contribution in [2.45, 2.75) is 25.7 Å². The summed E-state index contributed by atoms with van der Waals surface area (Å²) in [6, 6.07) is 9.87. The van der Waals surface area contributed by atoms with Crippen molar-refractivity contribution in [2.75, 3.05) is 5.32 Å². The predicted octanol–water partition coefficient (Wildman–Crippen LogP) is 4.06. The Morgan fingerprint density at radius 3 is 2.72 bits per heavy atom. The van der Waals surface area contributed by atoms with Gasteiger partial charge in [0.05, 0.1) is 0 Å². The Balaban J connectivity index is 1.90. The highest BCUT2D eigenvalue weighted by atomic mass is 35.5. The summed E-state index contributed by atoms with van der Waals surface area (Å²) in [6.45, 7) is 2.06. The molecule has 1 aliphatic rings. The van der Waals surface area contributed by atoms with Gasteiger partial charge in [-0.1, -0.05) is 29.8 Å². The zero-order valence-corrected chi connectivity index (χ0v) is 10.9. The molecule has 92 valence electrons. The number of anilines is 2. The first kappa shape index (κ1) is 11.5. The first-order valence-electron chi connectivity index (χ1n) is 6.09. The van der Waals surface area contributed by atoms with E-state index in [4.69, 9.17) is 11.6 Å². The number of rotatable bonds is 3. The summed E-state index contributed by atoms with van der Waals surface area (Å²) in [6.07, 6.45) is 2.34. The fourth-order valence-electron chi connectivity index (χ4n) is 1.87. The van der Waals surface area contributed by atoms with E-state index in [9.17, 15) is 0 Å². The van der Waals surface area contributed by atoms with Crippen LogP contribution in [-0.2, 0) is 0 Å². The summed E-state index contributed by atoms with van der Waals surface area (Å²) >= 11 is 6.04. The lowest BCUT2D eigenvalue weighted by Gasteiger charge is -2.09. The number of benzene rings is 1. The third-order valence-electron chi connectivity index (χ3n) is 3.06. The van der Waals surface area contributed by atoms with Crippen molar-refractivity contribution < 1.29 is 0 Å². The van der Waals surface area contributed by atoms with E-state index in [0.717, 1.165) is 17.3 Å². The Morgan fingerprint density at radius 2 is 2.00 bits per heavy atom. The van der Waals surface area contributed by atoms with Crippen LogP contribution in [0.25, 0.3) is 0 Å². The van der Waals surface area contributed by atoms with Gasteiger partial charge in [-0.3, -0.25) is 0 Å². The second kappa shape index (κ2) is 4.58. The molecule has 1 heterocycles. The lowest BCUT2D eigenvalue weighted by molar-refractivity contribution is 0.930. The number of hydrogen-bond donors (Lipinski definition) is 1. The lowest BCUT2D eigenvalue weighted by atomic mass is 10.2. The van der Waals surface area contributed by atoms with Gasteiger partial charge < -0.3 is 5.32 Å². The van der Waals surface area contributed by atoms with Gasteiger partial charge >= 0.3 is 0 Å². The van der Waals surface area contributed by atoms with Gasteiger partial charge in [-0.15, -0.1) is 0 Å². The van der Waals surface area contributed by atoms with Crippen LogP contribution in [0.2, 0.25) is 5.15 Å². The van der Waals surface area contributed by atoms with Crippen LogP contribution in [0.15, 0.2) is 30.3 Å². The summed E-state index contributed by atoms with van der Waals surface area (Å²) < 4.78 is 0. The van der Waals surface area contributed by atoms with E-state index in [1.54, 1.807) is 6.07 Å². The van der Waals surface area contributed by atoms with E-state index < -0.39 is 0 Å². The fourth-order valence-corrected chi connectivity index (χ4v) is 2.06. The topological polar surface area (TPSA) is 37.8 Å². The van der Waals surface area contributed by atoms with E-state index in [0.29, 0.717) is 11.1 Å². The Morgan fingerprint density at radius 1 is 1.22 bits per heavy atom. The Kier molecular flexibility index (Phi) is 2.92. The first-order chi connectivity index (χ1) is 8.72. The fraction of sp³-hybridized carbons (Fsp3) is 0.286. The van der Waals surface area contributed by atoms with E-state index in [1.165, 1.54) is 18.4 Å². The molecule has 0 bridgehead atoms. The third kappa shape index (κ3) is 2.46. The molecule has 0 radical (unpaired) electrons. The van der Waals surface area contributed by atoms with Gasteiger partial charge in [0.25, 0.3) is 0 Å². The molecular formula is C14H14ClN3. The summed E-state index contributed by atoms with van der Waals surface area (Å²) in [4.78, 5) is 8.80. The predicted molar refractivity (Wildman–Crippen MR) is 73.5 cm³/mol. The highest BCUT2D eigenvalue weighted by molar-refractivity contribution is 6.29. The van der Waals surface area contributed by atoms with Gasteiger partial charge in [-0.25, -0.2) is 9.97 Å². The molecule has 1 saturated carbocycles. The van der Waals surface area contributed by atoms with Gasteiger partial charge in [0.2, 0.25) is 0 Å². The van der Waals surface area contributed by atoms with E-state index in [2.05, 4.69) is 28.3 Å². The van der Waals surface area contributed by atoms with Gasteiger partial charge in [-0.05, 0) is 31.4 Å². The number of nitrogens with one attached hydrogen (secondary N) is 1. The van der Waals surface area contributed by atoms with Crippen LogP contribution >= 0.6 is 11.6 Å². The standard InChI is InChI=1S/C14H14ClN3/c1-9-4-2-3-5-11(9)16-13-8-12(15)17-14(18-13)10-6-7-10/h2-5,8,10H,6-7H2,1H3,(H,16,17,18). The minimum atomic E-state index is 0.501. The van der Waals surface area contributed by atoms with Crippen LogP contribution in [0.4, 0.5) is 11.5 Å². The first-order valence-corrected chi connectivity index (χ1v) is 6.47. The van der Waals surface area contributed by atoms with E-state index >= 15 is 0 Å². The number of aromatic nitrogens is 2. The van der Waals surface area contributed by atoms with Gasteiger partial charge in [-0.2, -0.15) is 0 Å². The van der Waals surface area contributed by atoms with Crippen molar-refractivity contribution in [2.24, 2.45) is 0 Å². The molecule has 3 rings (SSSR count). The molecule has 1 aromatic heterocycles. The van der Waals surface area contributed by atoms with Gasteiger partial charge in [0.1, 0.15) is 16.8 Å². The number of nitrogens with zero attached hydrogens (tertiary/aromatic N) is 2. The van der Waals surface area contributed by atoms with Crippen LogP contribution in [0.5, 0.6) is 0 Å². The summed E-state index contributed by atoms with van der Waals surface area (Å²) in [7, 11) is 0. The molecule has 0 unspecified atom stereocenters. The smallest absolute Gasteiger partial charge is 0.135 e. The third-order valence-corrected chi connectivity index (χ3v) is 3.26. The number of hydrogen-bond acceptors (Lipinski definition) is 3. The van der Waals surface area contributed by atoms with Crippen LogP contribution < -0.4 is 5.32 Å². The molecule has 0 amide bonds. The van der Waals surface area contributed by atoms with Crippen molar-refractivity contribution in [3.8, 4) is 0 Å². The zero-order chi connectivity index (χ0) is 12.5. The van der Waals surface area contributed by atoms with Crippen LogP contribution in [0, 0.1) is 6.92 Å². The summed E-state index contributed by atoms with van der Waals surface area (Å²) in [5, 5.41) is 3.80. The van der Waals surface area contributed by atoms with Crippen LogP contribution in [0.3, 0.4) is 0 Å². The quantitative estimate of drug-likeness (QED) is 0.845. The molecule has 0 spiro atoms. The van der Waals surface area contributed by atoms with Crippen molar-refractivity contribution in [1.29, 1.82) is 0 Å². The molecule has 3 nitrogen and oxygen atoms in total. The molecule has 0 aliphatic heterocycles. The molecule has 1 fully saturated rings. The minimum absolute atomic E-state index is 0.501. The molecule has 2 aromatic rings. The van der Waals surface area contributed by atoms with Gasteiger partial charge in [0.15, 0.2) is 0 Å². The molecule has 18 heavy (non-hydrogen) atoms. The maximum Gasteiger partial charge on any atom is 0.135 e. The van der Waals surface area contributed by atoms with Crippen molar-refractivity contribution in [3.05, 3.63) is 46.9 Å². The Labute approximate surface area is 111 Å².